The van der Waals surface area contributed by atoms with E-state index in [-0.39, 0.29) is 12.1 Å². The second-order valence-electron chi connectivity index (χ2n) is 6.15. The number of pyridine rings is 1. The zero-order chi connectivity index (χ0) is 15.6. The van der Waals surface area contributed by atoms with Gasteiger partial charge in [0, 0.05) is 31.5 Å². The van der Waals surface area contributed by atoms with Crippen molar-refractivity contribution in [1.29, 1.82) is 0 Å². The van der Waals surface area contributed by atoms with Gasteiger partial charge in [-0.25, -0.2) is 0 Å². The molecular weight excluding hydrogens is 292 g/mol. The van der Waals surface area contributed by atoms with Crippen molar-refractivity contribution in [3.63, 3.8) is 0 Å². The van der Waals surface area contributed by atoms with Gasteiger partial charge in [-0.15, -0.1) is 0 Å². The first-order valence-corrected chi connectivity index (χ1v) is 7.99. The van der Waals surface area contributed by atoms with Gasteiger partial charge in [0.05, 0.1) is 6.10 Å². The number of aromatic nitrogens is 1. The van der Waals surface area contributed by atoms with E-state index in [1.807, 2.05) is 24.4 Å². The first-order chi connectivity index (χ1) is 11.3. The molecule has 1 N–H and O–H groups in total. The highest BCUT2D eigenvalue weighted by Crippen LogP contribution is 2.33. The fourth-order valence-corrected chi connectivity index (χ4v) is 3.40. The standard InChI is InChI=1S/C18H20N2O3/c21-16-5-7-20(15(16)8-13-2-1-6-19-10-13)11-14-3-4-17-18(9-14)23-12-22-17/h1-4,6,9-10,15-16,21H,5,7-8,11-12H2/t15-,16+/m0/s1. The second-order valence-corrected chi connectivity index (χ2v) is 6.15. The Balaban J connectivity index is 1.49. The summed E-state index contributed by atoms with van der Waals surface area (Å²) < 4.78 is 10.8. The van der Waals surface area contributed by atoms with E-state index in [1.54, 1.807) is 6.20 Å². The predicted molar refractivity (Wildman–Crippen MR) is 85.3 cm³/mol. The van der Waals surface area contributed by atoms with Crippen LogP contribution >= 0.6 is 0 Å². The number of aliphatic hydroxyl groups is 1. The average molecular weight is 312 g/mol. The Labute approximate surface area is 135 Å². The lowest BCUT2D eigenvalue weighted by Gasteiger charge is -2.26. The van der Waals surface area contributed by atoms with E-state index >= 15 is 0 Å². The van der Waals surface area contributed by atoms with Gasteiger partial charge < -0.3 is 14.6 Å². The SMILES string of the molecule is O[C@@H]1CCN(Cc2ccc3c(c2)OCO3)[C@H]1Cc1cccnc1. The molecule has 1 fully saturated rings. The van der Waals surface area contributed by atoms with Gasteiger partial charge in [0.1, 0.15) is 0 Å². The number of ether oxygens (including phenoxy) is 2. The van der Waals surface area contributed by atoms with Gasteiger partial charge in [0.2, 0.25) is 6.79 Å². The fraction of sp³-hybridized carbons (Fsp3) is 0.389. The number of fused-ring (bicyclic) bond motifs is 1. The number of hydrogen-bond acceptors (Lipinski definition) is 5. The number of aliphatic hydroxyl groups excluding tert-OH is 1. The predicted octanol–water partition coefficient (Wildman–Crippen LogP) is 1.99. The summed E-state index contributed by atoms with van der Waals surface area (Å²) in [6.45, 7) is 2.00. The van der Waals surface area contributed by atoms with Crippen LogP contribution in [0.1, 0.15) is 17.5 Å². The third-order valence-electron chi connectivity index (χ3n) is 4.62. The Morgan fingerprint density at radius 2 is 2.09 bits per heavy atom. The Hall–Kier alpha value is -2.11. The summed E-state index contributed by atoms with van der Waals surface area (Å²) in [4.78, 5) is 6.51. The molecule has 4 rings (SSSR count). The number of rotatable bonds is 4. The molecule has 0 spiro atoms. The molecule has 3 heterocycles. The van der Waals surface area contributed by atoms with Crippen molar-refractivity contribution in [3.05, 3.63) is 53.9 Å². The molecule has 2 aliphatic heterocycles. The normalized spacial score (nSPS) is 23.3. The second kappa shape index (κ2) is 6.18. The lowest BCUT2D eigenvalue weighted by Crippen LogP contribution is -2.36. The first-order valence-electron chi connectivity index (χ1n) is 7.99. The highest BCUT2D eigenvalue weighted by Gasteiger charge is 2.32. The lowest BCUT2D eigenvalue weighted by atomic mass is 10.0. The molecule has 2 aliphatic rings. The summed E-state index contributed by atoms with van der Waals surface area (Å²) in [5, 5.41) is 10.3. The number of benzene rings is 1. The van der Waals surface area contributed by atoms with Crippen molar-refractivity contribution in [2.24, 2.45) is 0 Å². The van der Waals surface area contributed by atoms with E-state index in [4.69, 9.17) is 9.47 Å². The molecule has 120 valence electrons. The maximum absolute atomic E-state index is 10.3. The Bertz CT molecular complexity index is 677. The minimum atomic E-state index is -0.288. The van der Waals surface area contributed by atoms with Crippen molar-refractivity contribution in [2.45, 2.75) is 31.5 Å². The van der Waals surface area contributed by atoms with Crippen LogP contribution in [0.4, 0.5) is 0 Å². The number of likely N-dealkylation sites (tertiary alicyclic amines) is 1. The highest BCUT2D eigenvalue weighted by molar-refractivity contribution is 5.44. The van der Waals surface area contributed by atoms with Gasteiger partial charge in [0.15, 0.2) is 11.5 Å². The molecule has 2 aromatic rings. The van der Waals surface area contributed by atoms with E-state index in [2.05, 4.69) is 22.0 Å². The van der Waals surface area contributed by atoms with Crippen molar-refractivity contribution in [2.75, 3.05) is 13.3 Å². The molecule has 1 aromatic heterocycles. The summed E-state index contributed by atoms with van der Waals surface area (Å²) in [5.41, 5.74) is 2.34. The molecule has 23 heavy (non-hydrogen) atoms. The van der Waals surface area contributed by atoms with E-state index in [0.29, 0.717) is 6.79 Å². The van der Waals surface area contributed by atoms with Gasteiger partial charge in [-0.05, 0) is 42.2 Å². The molecular formula is C18H20N2O3. The minimum Gasteiger partial charge on any atom is -0.454 e. The summed E-state index contributed by atoms with van der Waals surface area (Å²) in [6.07, 6.45) is 5.00. The van der Waals surface area contributed by atoms with Crippen LogP contribution in [-0.4, -0.2) is 40.5 Å². The van der Waals surface area contributed by atoms with E-state index in [9.17, 15) is 5.11 Å². The monoisotopic (exact) mass is 312 g/mol. The van der Waals surface area contributed by atoms with Crippen LogP contribution in [0.15, 0.2) is 42.7 Å². The van der Waals surface area contributed by atoms with E-state index in [0.717, 1.165) is 43.0 Å². The Morgan fingerprint density at radius 3 is 2.96 bits per heavy atom. The largest absolute Gasteiger partial charge is 0.454 e. The first kappa shape index (κ1) is 14.5. The van der Waals surface area contributed by atoms with E-state index < -0.39 is 0 Å². The molecule has 0 aliphatic carbocycles. The minimum absolute atomic E-state index is 0.129. The smallest absolute Gasteiger partial charge is 0.231 e. The zero-order valence-corrected chi connectivity index (χ0v) is 12.9. The van der Waals surface area contributed by atoms with Gasteiger partial charge >= 0.3 is 0 Å². The third-order valence-corrected chi connectivity index (χ3v) is 4.62. The van der Waals surface area contributed by atoms with Crippen LogP contribution in [-0.2, 0) is 13.0 Å². The molecule has 5 heteroatoms. The van der Waals surface area contributed by atoms with Crippen LogP contribution in [0.25, 0.3) is 0 Å². The third kappa shape index (κ3) is 3.02. The van der Waals surface area contributed by atoms with Crippen LogP contribution < -0.4 is 9.47 Å². The van der Waals surface area contributed by atoms with Crippen molar-refractivity contribution < 1.29 is 14.6 Å². The number of hydrogen-bond donors (Lipinski definition) is 1. The Kier molecular flexibility index (Phi) is 3.89. The molecule has 1 saturated heterocycles. The van der Waals surface area contributed by atoms with Crippen molar-refractivity contribution in [1.82, 2.24) is 9.88 Å². The molecule has 2 atom stereocenters. The maximum atomic E-state index is 10.3. The fourth-order valence-electron chi connectivity index (χ4n) is 3.40. The molecule has 0 saturated carbocycles. The quantitative estimate of drug-likeness (QED) is 0.936. The van der Waals surface area contributed by atoms with Crippen LogP contribution in [0.3, 0.4) is 0 Å². The van der Waals surface area contributed by atoms with Crippen molar-refractivity contribution in [3.8, 4) is 11.5 Å². The molecule has 0 bridgehead atoms. The highest BCUT2D eigenvalue weighted by atomic mass is 16.7. The maximum Gasteiger partial charge on any atom is 0.231 e. The lowest BCUT2D eigenvalue weighted by molar-refractivity contribution is 0.112. The molecule has 0 unspecified atom stereocenters. The topological polar surface area (TPSA) is 54.8 Å². The van der Waals surface area contributed by atoms with Crippen LogP contribution in [0.2, 0.25) is 0 Å². The summed E-state index contributed by atoms with van der Waals surface area (Å²) in [5.74, 6) is 1.62. The van der Waals surface area contributed by atoms with E-state index in [1.165, 1.54) is 5.56 Å². The van der Waals surface area contributed by atoms with Crippen molar-refractivity contribution >= 4 is 0 Å². The zero-order valence-electron chi connectivity index (χ0n) is 12.9. The van der Waals surface area contributed by atoms with Gasteiger partial charge in [0.25, 0.3) is 0 Å². The van der Waals surface area contributed by atoms with Gasteiger partial charge in [-0.3, -0.25) is 9.88 Å². The average Bonchev–Trinajstić information content (AvgIpc) is 3.17. The summed E-state index contributed by atoms with van der Waals surface area (Å²) >= 11 is 0. The van der Waals surface area contributed by atoms with Gasteiger partial charge in [-0.1, -0.05) is 12.1 Å². The molecule has 1 aromatic carbocycles. The van der Waals surface area contributed by atoms with Crippen LogP contribution in [0, 0.1) is 0 Å². The number of nitrogens with zero attached hydrogens (tertiary/aromatic N) is 2. The van der Waals surface area contributed by atoms with Crippen LogP contribution in [0.5, 0.6) is 11.5 Å². The molecule has 0 radical (unpaired) electrons. The molecule has 0 amide bonds. The van der Waals surface area contributed by atoms with Gasteiger partial charge in [-0.2, -0.15) is 0 Å². The summed E-state index contributed by atoms with van der Waals surface area (Å²) in [6, 6.07) is 10.2. The molecule has 5 nitrogen and oxygen atoms in total. The summed E-state index contributed by atoms with van der Waals surface area (Å²) in [7, 11) is 0. The Morgan fingerprint density at radius 1 is 1.17 bits per heavy atom.